The lowest BCUT2D eigenvalue weighted by atomic mass is 10.1. The maximum atomic E-state index is 12.8. The van der Waals surface area contributed by atoms with E-state index in [2.05, 4.69) is 10.6 Å². The van der Waals surface area contributed by atoms with Crippen LogP contribution in [0.5, 0.6) is 11.5 Å². The molecule has 1 aliphatic rings. The molecule has 0 bridgehead atoms. The van der Waals surface area contributed by atoms with Crippen LogP contribution in [-0.2, 0) is 27.0 Å². The molecule has 176 valence electrons. The number of benzene rings is 2. The maximum Gasteiger partial charge on any atom is 0.416 e. The molecule has 13 heteroatoms. The Bertz CT molecular complexity index is 1080. The molecule has 0 fully saturated rings. The molecular weight excluding hydrogens is 451 g/mol. The largest absolute Gasteiger partial charge is 0.454 e. The number of nitro groups is 1. The molecule has 0 aliphatic carbocycles. The Hall–Kier alpha value is -4.03. The van der Waals surface area contributed by atoms with Crippen LogP contribution in [0.4, 0.5) is 24.5 Å². The number of alkyl halides is 3. The number of nitrogens with one attached hydrogen (secondary N) is 2. The first-order valence-electron chi connectivity index (χ1n) is 9.48. The fraction of sp³-hybridized carbons (Fsp3) is 0.300. The third-order valence-corrected chi connectivity index (χ3v) is 4.52. The van der Waals surface area contributed by atoms with Crippen LogP contribution in [0.2, 0.25) is 0 Å². The van der Waals surface area contributed by atoms with Gasteiger partial charge in [-0.1, -0.05) is 6.07 Å². The van der Waals surface area contributed by atoms with E-state index in [1.165, 1.54) is 6.92 Å². The number of esters is 1. The summed E-state index contributed by atoms with van der Waals surface area (Å²) in [6, 6.07) is 5.80. The zero-order valence-electron chi connectivity index (χ0n) is 17.1. The van der Waals surface area contributed by atoms with Crippen LogP contribution >= 0.6 is 0 Å². The van der Waals surface area contributed by atoms with Gasteiger partial charge in [0.05, 0.1) is 10.5 Å². The van der Waals surface area contributed by atoms with Crippen molar-refractivity contribution in [2.45, 2.75) is 25.7 Å². The van der Waals surface area contributed by atoms with Gasteiger partial charge in [0.2, 0.25) is 6.79 Å². The molecule has 1 atom stereocenters. The van der Waals surface area contributed by atoms with Gasteiger partial charge in [-0.15, -0.1) is 0 Å². The molecule has 0 spiro atoms. The molecule has 2 aromatic rings. The number of amides is 1. The molecular formula is C20H18F3N3O7. The van der Waals surface area contributed by atoms with Gasteiger partial charge in [0.25, 0.3) is 11.6 Å². The van der Waals surface area contributed by atoms with Crippen molar-refractivity contribution in [2.75, 3.05) is 18.7 Å². The second kappa shape index (κ2) is 9.63. The van der Waals surface area contributed by atoms with Crippen LogP contribution in [0, 0.1) is 10.1 Å². The Morgan fingerprint density at radius 1 is 1.18 bits per heavy atom. The lowest BCUT2D eigenvalue weighted by Crippen LogP contribution is -2.33. The molecule has 1 unspecified atom stereocenters. The summed E-state index contributed by atoms with van der Waals surface area (Å²) in [6.45, 7) is 0.917. The minimum absolute atomic E-state index is 0.114. The summed E-state index contributed by atoms with van der Waals surface area (Å²) >= 11 is 0. The number of fused-ring (bicyclic) bond motifs is 1. The molecule has 10 nitrogen and oxygen atoms in total. The van der Waals surface area contributed by atoms with Crippen LogP contribution in [-0.4, -0.2) is 36.2 Å². The van der Waals surface area contributed by atoms with Crippen molar-refractivity contribution >= 4 is 23.3 Å². The van der Waals surface area contributed by atoms with E-state index in [1.807, 2.05) is 0 Å². The molecule has 0 radical (unpaired) electrons. The Balaban J connectivity index is 1.51. The van der Waals surface area contributed by atoms with Gasteiger partial charge in [-0.05, 0) is 36.8 Å². The number of hydrogen-bond donors (Lipinski definition) is 2. The van der Waals surface area contributed by atoms with E-state index < -0.39 is 46.9 Å². The summed E-state index contributed by atoms with van der Waals surface area (Å²) in [5.74, 6) is -0.393. The van der Waals surface area contributed by atoms with Gasteiger partial charge < -0.3 is 24.8 Å². The first-order chi connectivity index (χ1) is 15.5. The summed E-state index contributed by atoms with van der Waals surface area (Å²) in [7, 11) is 0. The Labute approximate surface area is 184 Å². The smallest absolute Gasteiger partial charge is 0.416 e. The highest BCUT2D eigenvalue weighted by atomic mass is 19.4. The van der Waals surface area contributed by atoms with Gasteiger partial charge in [0, 0.05) is 12.6 Å². The number of nitrogens with zero attached hydrogens (tertiary/aromatic N) is 1. The van der Waals surface area contributed by atoms with Crippen molar-refractivity contribution in [2.24, 2.45) is 0 Å². The van der Waals surface area contributed by atoms with Gasteiger partial charge in [-0.2, -0.15) is 13.2 Å². The number of rotatable bonds is 8. The summed E-state index contributed by atoms with van der Waals surface area (Å²) in [4.78, 5) is 34.2. The topological polar surface area (TPSA) is 129 Å². The van der Waals surface area contributed by atoms with Gasteiger partial charge >= 0.3 is 12.1 Å². The van der Waals surface area contributed by atoms with E-state index in [-0.39, 0.29) is 19.0 Å². The second-order valence-electron chi connectivity index (χ2n) is 6.92. The predicted octanol–water partition coefficient (Wildman–Crippen LogP) is 3.00. The molecule has 0 saturated heterocycles. The van der Waals surface area contributed by atoms with Crippen molar-refractivity contribution in [3.05, 3.63) is 57.6 Å². The molecule has 3 rings (SSSR count). The molecule has 0 saturated carbocycles. The van der Waals surface area contributed by atoms with Crippen molar-refractivity contribution in [1.29, 1.82) is 0 Å². The van der Waals surface area contributed by atoms with Crippen LogP contribution in [0.3, 0.4) is 0 Å². The SMILES string of the molecule is CC(Nc1ccc(C(F)(F)F)cc1[N+](=O)[O-])C(=O)OCC(=O)NCc1ccc2c(c1)OCO2. The first kappa shape index (κ1) is 23.6. The number of nitro benzene ring substituents is 1. The van der Waals surface area contributed by atoms with Gasteiger partial charge in [-0.3, -0.25) is 14.9 Å². The van der Waals surface area contributed by atoms with E-state index in [1.54, 1.807) is 18.2 Å². The highest BCUT2D eigenvalue weighted by molar-refractivity contribution is 5.84. The van der Waals surface area contributed by atoms with E-state index in [9.17, 15) is 32.9 Å². The molecule has 1 aliphatic heterocycles. The normalized spacial score (nSPS) is 13.2. The van der Waals surface area contributed by atoms with Crippen LogP contribution < -0.4 is 20.1 Å². The average Bonchev–Trinajstić information content (AvgIpc) is 3.23. The van der Waals surface area contributed by atoms with Gasteiger partial charge in [0.15, 0.2) is 18.1 Å². The molecule has 1 heterocycles. The highest BCUT2D eigenvalue weighted by Gasteiger charge is 2.33. The standard InChI is InChI=1S/C20H18F3N3O7/c1-11(25-14-4-3-13(20(21,22)23)7-15(14)26(29)30)19(28)31-9-18(27)24-8-12-2-5-16-17(6-12)33-10-32-16/h2-7,11,25H,8-10H2,1H3,(H,24,27). The minimum atomic E-state index is -4.76. The Morgan fingerprint density at radius 3 is 2.61 bits per heavy atom. The Morgan fingerprint density at radius 2 is 1.91 bits per heavy atom. The lowest BCUT2D eigenvalue weighted by molar-refractivity contribution is -0.384. The third kappa shape index (κ3) is 6.02. The number of ether oxygens (including phenoxy) is 3. The molecule has 1 amide bonds. The molecule has 2 aromatic carbocycles. The number of carbonyl (C=O) groups excluding carboxylic acids is 2. The van der Waals surface area contributed by atoms with Crippen LogP contribution in [0.15, 0.2) is 36.4 Å². The number of anilines is 1. The number of hydrogen-bond acceptors (Lipinski definition) is 8. The predicted molar refractivity (Wildman–Crippen MR) is 107 cm³/mol. The fourth-order valence-corrected chi connectivity index (χ4v) is 2.84. The zero-order valence-corrected chi connectivity index (χ0v) is 17.1. The summed E-state index contributed by atoms with van der Waals surface area (Å²) in [5.41, 5.74) is -1.63. The van der Waals surface area contributed by atoms with Gasteiger partial charge in [0.1, 0.15) is 11.7 Å². The zero-order chi connectivity index (χ0) is 24.2. The van der Waals surface area contributed by atoms with E-state index in [4.69, 9.17) is 14.2 Å². The second-order valence-corrected chi connectivity index (χ2v) is 6.92. The molecule has 0 aromatic heterocycles. The van der Waals surface area contributed by atoms with Crippen molar-refractivity contribution in [1.82, 2.24) is 5.32 Å². The minimum Gasteiger partial charge on any atom is -0.454 e. The first-order valence-corrected chi connectivity index (χ1v) is 9.48. The Kier molecular flexibility index (Phi) is 6.89. The van der Waals surface area contributed by atoms with E-state index >= 15 is 0 Å². The van der Waals surface area contributed by atoms with Crippen molar-refractivity contribution < 1.29 is 41.9 Å². The van der Waals surface area contributed by atoms with Crippen LogP contribution in [0.25, 0.3) is 0 Å². The van der Waals surface area contributed by atoms with Crippen LogP contribution in [0.1, 0.15) is 18.1 Å². The summed E-state index contributed by atoms with van der Waals surface area (Å²) in [6.07, 6.45) is -4.76. The average molecular weight is 469 g/mol. The number of carbonyl (C=O) groups is 2. The highest BCUT2D eigenvalue weighted by Crippen LogP contribution is 2.35. The lowest BCUT2D eigenvalue weighted by Gasteiger charge is -2.15. The maximum absolute atomic E-state index is 12.8. The molecule has 33 heavy (non-hydrogen) atoms. The molecule has 2 N–H and O–H groups in total. The monoisotopic (exact) mass is 469 g/mol. The van der Waals surface area contributed by atoms with Crippen molar-refractivity contribution in [3.8, 4) is 11.5 Å². The fourth-order valence-electron chi connectivity index (χ4n) is 2.84. The quantitative estimate of drug-likeness (QED) is 0.343. The van der Waals surface area contributed by atoms with E-state index in [0.29, 0.717) is 23.6 Å². The van der Waals surface area contributed by atoms with Gasteiger partial charge in [-0.25, -0.2) is 4.79 Å². The number of halogens is 3. The summed E-state index contributed by atoms with van der Waals surface area (Å²) < 4.78 is 53.7. The van der Waals surface area contributed by atoms with Crippen molar-refractivity contribution in [3.63, 3.8) is 0 Å². The summed E-state index contributed by atoms with van der Waals surface area (Å²) in [5, 5.41) is 16.1. The third-order valence-electron chi connectivity index (χ3n) is 4.52. The van der Waals surface area contributed by atoms with E-state index in [0.717, 1.165) is 11.6 Å².